The Morgan fingerprint density at radius 3 is 2.86 bits per heavy atom. The fourth-order valence-electron chi connectivity index (χ4n) is 2.27. The van der Waals surface area contributed by atoms with Crippen molar-refractivity contribution in [3.8, 4) is 5.69 Å². The van der Waals surface area contributed by atoms with Gasteiger partial charge in [0.1, 0.15) is 11.3 Å². The Morgan fingerprint density at radius 2 is 2.10 bits per heavy atom. The molecule has 0 aliphatic carbocycles. The normalized spacial score (nSPS) is 11.2. The second-order valence-corrected chi connectivity index (χ2v) is 6.45. The summed E-state index contributed by atoms with van der Waals surface area (Å²) in [6, 6.07) is 7.74. The molecule has 0 atom stereocenters. The Kier molecular flexibility index (Phi) is 4.20. The number of benzene rings is 1. The number of hydrogen-bond donors (Lipinski definition) is 0. The van der Waals surface area contributed by atoms with E-state index in [-0.39, 0.29) is 0 Å². The van der Waals surface area contributed by atoms with Gasteiger partial charge in [-0.3, -0.25) is 4.57 Å². The number of fused-ring (bicyclic) bond motifs is 1. The Bertz CT molecular complexity index is 814. The second-order valence-electron chi connectivity index (χ2n) is 4.75. The number of imidazole rings is 1. The van der Waals surface area contributed by atoms with E-state index in [1.807, 2.05) is 42.0 Å². The summed E-state index contributed by atoms with van der Waals surface area (Å²) in [5.74, 6) is 1.35. The minimum Gasteiger partial charge on any atom is -0.279 e. The van der Waals surface area contributed by atoms with E-state index in [1.165, 1.54) is 0 Å². The average Bonchev–Trinajstić information content (AvgIpc) is 2.79. The predicted molar refractivity (Wildman–Crippen MR) is 90.7 cm³/mol. The smallest absolute Gasteiger partial charge is 0.164 e. The highest BCUT2D eigenvalue weighted by Gasteiger charge is 2.16. The molecule has 0 aliphatic heterocycles. The average molecular weight is 385 g/mol. The van der Waals surface area contributed by atoms with E-state index in [1.54, 1.807) is 0 Å². The summed E-state index contributed by atoms with van der Waals surface area (Å²) in [7, 11) is 0. The first-order valence-corrected chi connectivity index (χ1v) is 8.16. The standard InChI is InChI=1S/C15H12BrCl2N3/c1-9-6-12-15(19-8-9)21(14(20-12)4-5-17)13-7-10(16)2-3-11(13)18/h2-3,6-8H,4-5H2,1H3. The number of aryl methyl sites for hydroxylation is 2. The molecule has 0 spiro atoms. The topological polar surface area (TPSA) is 30.7 Å². The van der Waals surface area contributed by atoms with Crippen LogP contribution < -0.4 is 0 Å². The van der Waals surface area contributed by atoms with Gasteiger partial charge < -0.3 is 0 Å². The van der Waals surface area contributed by atoms with E-state index in [9.17, 15) is 0 Å². The van der Waals surface area contributed by atoms with Crippen molar-refractivity contribution in [2.75, 3.05) is 5.88 Å². The molecule has 0 bridgehead atoms. The zero-order chi connectivity index (χ0) is 15.0. The molecular formula is C15H12BrCl2N3. The van der Waals surface area contributed by atoms with Gasteiger partial charge in [0.15, 0.2) is 5.65 Å². The number of rotatable bonds is 3. The lowest BCUT2D eigenvalue weighted by Crippen LogP contribution is -2.03. The van der Waals surface area contributed by atoms with Crippen LogP contribution in [0.2, 0.25) is 5.02 Å². The first kappa shape index (κ1) is 14.8. The summed E-state index contributed by atoms with van der Waals surface area (Å²) in [5.41, 5.74) is 3.57. The molecule has 6 heteroatoms. The molecule has 0 unspecified atom stereocenters. The minimum absolute atomic E-state index is 0.494. The third kappa shape index (κ3) is 2.80. The molecule has 21 heavy (non-hydrogen) atoms. The van der Waals surface area contributed by atoms with E-state index >= 15 is 0 Å². The molecule has 108 valence electrons. The fraction of sp³-hybridized carbons (Fsp3) is 0.200. The van der Waals surface area contributed by atoms with Gasteiger partial charge in [0.2, 0.25) is 0 Å². The van der Waals surface area contributed by atoms with Gasteiger partial charge in [-0.1, -0.05) is 27.5 Å². The number of aromatic nitrogens is 3. The van der Waals surface area contributed by atoms with Crippen LogP contribution in [0.3, 0.4) is 0 Å². The van der Waals surface area contributed by atoms with Crippen LogP contribution in [0.5, 0.6) is 0 Å². The van der Waals surface area contributed by atoms with Gasteiger partial charge in [-0.2, -0.15) is 0 Å². The molecule has 3 rings (SSSR count). The van der Waals surface area contributed by atoms with Gasteiger partial charge in [-0.05, 0) is 36.8 Å². The van der Waals surface area contributed by atoms with Gasteiger partial charge in [-0.25, -0.2) is 9.97 Å². The Hall–Kier alpha value is -1.10. The lowest BCUT2D eigenvalue weighted by molar-refractivity contribution is 0.905. The Morgan fingerprint density at radius 1 is 1.29 bits per heavy atom. The van der Waals surface area contributed by atoms with Crippen LogP contribution in [0.25, 0.3) is 16.9 Å². The summed E-state index contributed by atoms with van der Waals surface area (Å²) in [4.78, 5) is 9.17. The molecule has 0 radical (unpaired) electrons. The molecule has 2 aromatic heterocycles. The zero-order valence-corrected chi connectivity index (χ0v) is 14.4. The SMILES string of the molecule is Cc1cnc2c(c1)nc(CCCl)n2-c1cc(Br)ccc1Cl. The molecular weight excluding hydrogens is 373 g/mol. The van der Waals surface area contributed by atoms with E-state index in [0.29, 0.717) is 17.3 Å². The van der Waals surface area contributed by atoms with E-state index < -0.39 is 0 Å². The Labute approximate surface area is 141 Å². The van der Waals surface area contributed by atoms with Gasteiger partial charge in [0.25, 0.3) is 0 Å². The van der Waals surface area contributed by atoms with Crippen molar-refractivity contribution < 1.29 is 0 Å². The number of nitrogens with zero attached hydrogens (tertiary/aromatic N) is 3. The summed E-state index contributed by atoms with van der Waals surface area (Å²) in [6.45, 7) is 2.00. The van der Waals surface area contributed by atoms with Crippen molar-refractivity contribution in [3.63, 3.8) is 0 Å². The van der Waals surface area contributed by atoms with Crippen LogP contribution in [0.4, 0.5) is 0 Å². The zero-order valence-electron chi connectivity index (χ0n) is 11.3. The maximum Gasteiger partial charge on any atom is 0.164 e. The number of alkyl halides is 1. The van der Waals surface area contributed by atoms with Crippen LogP contribution >= 0.6 is 39.1 Å². The molecule has 2 heterocycles. The summed E-state index contributed by atoms with van der Waals surface area (Å²) in [6.07, 6.45) is 2.48. The molecule has 0 saturated carbocycles. The Balaban J connectivity index is 2.33. The highest BCUT2D eigenvalue weighted by atomic mass is 79.9. The molecule has 0 fully saturated rings. The van der Waals surface area contributed by atoms with Crippen LogP contribution in [-0.2, 0) is 6.42 Å². The van der Waals surface area contributed by atoms with Crippen LogP contribution in [-0.4, -0.2) is 20.4 Å². The summed E-state index contributed by atoms with van der Waals surface area (Å²) in [5, 5.41) is 0.649. The summed E-state index contributed by atoms with van der Waals surface area (Å²) < 4.78 is 2.93. The van der Waals surface area contributed by atoms with E-state index in [0.717, 1.165) is 32.7 Å². The largest absolute Gasteiger partial charge is 0.279 e. The van der Waals surface area contributed by atoms with E-state index in [4.69, 9.17) is 23.2 Å². The third-order valence-corrected chi connectivity index (χ3v) is 4.17. The lowest BCUT2D eigenvalue weighted by Gasteiger charge is -2.10. The van der Waals surface area contributed by atoms with Crippen LogP contribution in [0.1, 0.15) is 11.4 Å². The first-order chi connectivity index (χ1) is 10.1. The maximum atomic E-state index is 6.36. The first-order valence-electron chi connectivity index (χ1n) is 6.45. The van der Waals surface area contributed by atoms with Crippen LogP contribution in [0, 0.1) is 6.92 Å². The molecule has 0 aliphatic rings. The molecule has 3 aromatic rings. The molecule has 0 N–H and O–H groups in total. The summed E-state index contributed by atoms with van der Waals surface area (Å²) >= 11 is 15.8. The van der Waals surface area contributed by atoms with Crippen molar-refractivity contribution in [2.45, 2.75) is 13.3 Å². The van der Waals surface area contributed by atoms with Gasteiger partial charge in [0, 0.05) is 23.0 Å². The number of hydrogen-bond acceptors (Lipinski definition) is 2. The number of pyridine rings is 1. The highest BCUT2D eigenvalue weighted by Crippen LogP contribution is 2.29. The third-order valence-electron chi connectivity index (χ3n) is 3.17. The van der Waals surface area contributed by atoms with Crippen molar-refractivity contribution in [1.29, 1.82) is 0 Å². The highest BCUT2D eigenvalue weighted by molar-refractivity contribution is 9.10. The second kappa shape index (κ2) is 5.95. The predicted octanol–water partition coefficient (Wildman–Crippen LogP) is 4.93. The molecule has 3 nitrogen and oxygen atoms in total. The monoisotopic (exact) mass is 383 g/mol. The maximum absolute atomic E-state index is 6.36. The minimum atomic E-state index is 0.494. The lowest BCUT2D eigenvalue weighted by atomic mass is 10.3. The van der Waals surface area contributed by atoms with Crippen molar-refractivity contribution in [1.82, 2.24) is 14.5 Å². The van der Waals surface area contributed by atoms with Gasteiger partial charge >= 0.3 is 0 Å². The molecule has 1 aromatic carbocycles. The van der Waals surface area contributed by atoms with Crippen molar-refractivity contribution in [3.05, 3.63) is 51.3 Å². The van der Waals surface area contributed by atoms with E-state index in [2.05, 4.69) is 25.9 Å². The fourth-order valence-corrected chi connectivity index (χ4v) is 3.00. The van der Waals surface area contributed by atoms with Gasteiger partial charge in [0.05, 0.1) is 10.7 Å². The molecule has 0 amide bonds. The van der Waals surface area contributed by atoms with Crippen molar-refractivity contribution in [2.24, 2.45) is 0 Å². The number of halogens is 3. The van der Waals surface area contributed by atoms with Crippen LogP contribution in [0.15, 0.2) is 34.9 Å². The van der Waals surface area contributed by atoms with Gasteiger partial charge in [-0.15, -0.1) is 11.6 Å². The quantitative estimate of drug-likeness (QED) is 0.599. The van der Waals surface area contributed by atoms with Crippen molar-refractivity contribution >= 4 is 50.3 Å². The molecule has 0 saturated heterocycles.